The Kier molecular flexibility index (Phi) is 17.2. The average molecular weight is 1310 g/mol. The molecule has 1 atom stereocenters. The number of carbonyl (C=O) groups excluding carboxylic acids is 4. The minimum Gasteiger partial charge on any atom is -0.443 e. The van der Waals surface area contributed by atoms with Crippen molar-refractivity contribution in [3.8, 4) is 0 Å². The lowest BCUT2D eigenvalue weighted by Gasteiger charge is -2.33. The summed E-state index contributed by atoms with van der Waals surface area (Å²) in [5.41, 5.74) is 3.65. The zero-order valence-corrected chi connectivity index (χ0v) is 55.5. The molecule has 4 saturated carbocycles. The molecule has 27 heteroatoms. The zero-order valence-electron chi connectivity index (χ0n) is 55.5. The van der Waals surface area contributed by atoms with E-state index in [4.69, 9.17) is 9.57 Å². The van der Waals surface area contributed by atoms with Crippen molar-refractivity contribution in [1.82, 2.24) is 79.4 Å². The number of nitrogens with zero attached hydrogens (tertiary/aromatic N) is 17. The number of aromatic nitrogens is 12. The smallest absolute Gasteiger partial charge is 0.420 e. The zero-order chi connectivity index (χ0) is 66.4. The monoisotopic (exact) mass is 1310 g/mol. The summed E-state index contributed by atoms with van der Waals surface area (Å²) in [7, 11) is 0. The molecule has 4 aliphatic carbocycles. The summed E-state index contributed by atoms with van der Waals surface area (Å²) in [6.45, 7) is 25.3. The fraction of sp³-hybridized carbons (Fsp3) is 0.522. The van der Waals surface area contributed by atoms with Crippen LogP contribution in [0.2, 0.25) is 0 Å². The van der Waals surface area contributed by atoms with Crippen molar-refractivity contribution in [2.45, 2.75) is 151 Å². The lowest BCUT2D eigenvalue weighted by Crippen LogP contribution is -2.50. The van der Waals surface area contributed by atoms with E-state index in [1.54, 1.807) is 25.2 Å². The summed E-state index contributed by atoms with van der Waals surface area (Å²) >= 11 is 0. The van der Waals surface area contributed by atoms with E-state index in [1.807, 2.05) is 74.3 Å². The molecule has 8 fully saturated rings. The molecule has 3 amide bonds. The Morgan fingerprint density at radius 3 is 1.44 bits per heavy atom. The van der Waals surface area contributed by atoms with E-state index >= 15 is 0 Å². The van der Waals surface area contributed by atoms with E-state index < -0.39 is 17.8 Å². The summed E-state index contributed by atoms with van der Waals surface area (Å²) in [6, 6.07) is 7.96. The number of hydrogen-bond donors (Lipinski definition) is 4. The number of ether oxygens (including phenoxy) is 1. The number of rotatable bonds is 8. The number of hydrogen-bond acceptors (Lipinski definition) is 20. The number of oxime groups is 1. The minimum absolute atomic E-state index is 0.00624. The van der Waals surface area contributed by atoms with Gasteiger partial charge in [0.25, 0.3) is 5.91 Å². The molecule has 0 bridgehead atoms. The molecule has 9 aliphatic rings. The maximum absolute atomic E-state index is 13.2. The van der Waals surface area contributed by atoms with Crippen molar-refractivity contribution in [2.24, 2.45) is 5.16 Å². The molecule has 0 radical (unpaired) electrons. The molecule has 4 saturated heterocycles. The van der Waals surface area contributed by atoms with Gasteiger partial charge in [-0.2, -0.15) is 0 Å². The number of aromatic amines is 3. The average Bonchev–Trinajstić information content (AvgIpc) is 1.60. The largest absolute Gasteiger partial charge is 0.443 e. The number of carbonyl (C=O) groups is 4. The maximum atomic E-state index is 13.2. The van der Waals surface area contributed by atoms with E-state index in [0.717, 1.165) is 204 Å². The van der Waals surface area contributed by atoms with Crippen LogP contribution in [0.3, 0.4) is 0 Å². The van der Waals surface area contributed by atoms with Gasteiger partial charge < -0.3 is 64.1 Å². The van der Waals surface area contributed by atoms with E-state index in [2.05, 4.69) is 109 Å². The third-order valence-electron chi connectivity index (χ3n) is 20.3. The van der Waals surface area contributed by atoms with Gasteiger partial charge in [-0.25, -0.2) is 49.2 Å². The number of nitrogens with one attached hydrogen (secondary N) is 4. The van der Waals surface area contributed by atoms with E-state index in [-0.39, 0.29) is 34.3 Å². The molecule has 5 aliphatic heterocycles. The van der Waals surface area contributed by atoms with Gasteiger partial charge in [0.2, 0.25) is 17.9 Å². The first kappa shape index (κ1) is 63.8. The summed E-state index contributed by atoms with van der Waals surface area (Å²) in [4.78, 5) is 116. The van der Waals surface area contributed by atoms with Crippen LogP contribution in [-0.4, -0.2) is 216 Å². The molecule has 8 aromatic heterocycles. The Bertz CT molecular complexity index is 4240. The van der Waals surface area contributed by atoms with Crippen molar-refractivity contribution in [3.05, 3.63) is 99.7 Å². The Morgan fingerprint density at radius 2 is 1.00 bits per heavy atom. The number of fused-ring (bicyclic) bond motifs is 4. The van der Waals surface area contributed by atoms with Crippen LogP contribution in [0.1, 0.15) is 118 Å². The first-order valence-corrected chi connectivity index (χ1v) is 34.1. The van der Waals surface area contributed by atoms with Crippen molar-refractivity contribution >= 4 is 96.9 Å². The van der Waals surface area contributed by atoms with Gasteiger partial charge in [-0.3, -0.25) is 14.4 Å². The second-order valence-electron chi connectivity index (χ2n) is 28.1. The van der Waals surface area contributed by atoms with Crippen molar-refractivity contribution in [2.75, 3.05) is 98.1 Å². The molecule has 13 heterocycles. The summed E-state index contributed by atoms with van der Waals surface area (Å²) in [6.07, 6.45) is 29.8. The van der Waals surface area contributed by atoms with Crippen LogP contribution in [0.5, 0.6) is 0 Å². The first-order chi connectivity index (χ1) is 46.5. The van der Waals surface area contributed by atoms with Crippen LogP contribution in [0, 0.1) is 0 Å². The lowest BCUT2D eigenvalue weighted by atomic mass is 10.1. The fourth-order valence-corrected chi connectivity index (χ4v) is 14.8. The molecule has 17 rings (SSSR count). The van der Waals surface area contributed by atoms with Gasteiger partial charge in [0.15, 0.2) is 5.65 Å². The Hall–Kier alpha value is -9.53. The lowest BCUT2D eigenvalue weighted by molar-refractivity contribution is -0.145. The highest BCUT2D eigenvalue weighted by Gasteiger charge is 2.55. The van der Waals surface area contributed by atoms with Gasteiger partial charge >= 0.3 is 6.09 Å². The molecule has 1 unspecified atom stereocenters. The van der Waals surface area contributed by atoms with E-state index in [0.29, 0.717) is 24.2 Å². The molecule has 27 nitrogen and oxygen atoms in total. The van der Waals surface area contributed by atoms with Crippen LogP contribution in [0.25, 0.3) is 44.1 Å². The highest BCUT2D eigenvalue weighted by Crippen LogP contribution is 2.48. The predicted octanol–water partition coefficient (Wildman–Crippen LogP) is 8.06. The number of H-pyrrole nitrogens is 3. The predicted molar refractivity (Wildman–Crippen MR) is 367 cm³/mol. The van der Waals surface area contributed by atoms with E-state index in [9.17, 15) is 19.2 Å². The Balaban J connectivity index is 0.000000111. The summed E-state index contributed by atoms with van der Waals surface area (Å²) in [5, 5.41) is 11.8. The fourth-order valence-electron chi connectivity index (χ4n) is 14.8. The second kappa shape index (κ2) is 25.9. The quantitative estimate of drug-likeness (QED) is 0.105. The summed E-state index contributed by atoms with van der Waals surface area (Å²) in [5.74, 6) is 3.92. The van der Waals surface area contributed by atoms with Crippen LogP contribution in [0.4, 0.5) is 28.1 Å². The molecular formula is C69H87N21O6. The minimum atomic E-state index is -0.589. The van der Waals surface area contributed by atoms with Crippen molar-refractivity contribution in [3.63, 3.8) is 0 Å². The number of anilines is 4. The van der Waals surface area contributed by atoms with Gasteiger partial charge in [0.05, 0.1) is 43.9 Å². The van der Waals surface area contributed by atoms with Gasteiger partial charge in [0, 0.05) is 109 Å². The molecule has 4 spiro atoms. The van der Waals surface area contributed by atoms with Gasteiger partial charge in [0.1, 0.15) is 71.1 Å². The first-order valence-electron chi connectivity index (χ1n) is 34.1. The molecular weight excluding hydrogens is 1220 g/mol. The molecule has 4 N–H and O–H groups in total. The number of amides is 3. The molecule has 96 heavy (non-hydrogen) atoms. The summed E-state index contributed by atoms with van der Waals surface area (Å²) < 4.78 is 6.91. The van der Waals surface area contributed by atoms with Gasteiger partial charge in [-0.05, 0) is 147 Å². The molecule has 0 aromatic carbocycles. The van der Waals surface area contributed by atoms with Gasteiger partial charge in [-0.15, -0.1) is 0 Å². The highest BCUT2D eigenvalue weighted by atomic mass is 16.6. The topological polar surface area (TPSA) is 289 Å². The normalized spacial score (nSPS) is 21.2. The van der Waals surface area contributed by atoms with Gasteiger partial charge in [-0.1, -0.05) is 25.2 Å². The molecule has 504 valence electrons. The van der Waals surface area contributed by atoms with Crippen LogP contribution in [-0.2, 0) is 24.0 Å². The van der Waals surface area contributed by atoms with Crippen molar-refractivity contribution in [1.29, 1.82) is 0 Å². The van der Waals surface area contributed by atoms with E-state index in [1.165, 1.54) is 42.3 Å². The highest BCUT2D eigenvalue weighted by molar-refractivity contribution is 5.96. The Morgan fingerprint density at radius 1 is 0.562 bits per heavy atom. The van der Waals surface area contributed by atoms with Crippen LogP contribution >= 0.6 is 0 Å². The van der Waals surface area contributed by atoms with Crippen molar-refractivity contribution < 1.29 is 28.8 Å². The van der Waals surface area contributed by atoms with Crippen LogP contribution in [0.15, 0.2) is 105 Å². The maximum Gasteiger partial charge on any atom is 0.420 e. The molecule has 8 aromatic rings. The Labute approximate surface area is 557 Å². The second-order valence-corrected chi connectivity index (χ2v) is 28.1. The van der Waals surface area contributed by atoms with Crippen LogP contribution < -0.4 is 24.9 Å². The SMILES string of the molecule is C=CC(=O)N1CCCN(c2ncnc3[nH]ccc23)CC12CC2.C=CC(=O)N1CCCN(c2ncnc3c2ccn3C(=O)OC(C)(C)C)CC12CC2.CCC1=NOC(C(=O)N2CCCN(c3ncnc4[nH]ccc34)CC23CC3)C1.c1nc(N2CCCNC3(CC3)C2)c2cc[nH]c2n1. The third kappa shape index (κ3) is 12.9. The standard InChI is InChI=1S/C21H27N5O3.C19H24N6O2.C16H19N5O.C13H17N5/c1-5-16(27)26-11-6-10-24(13-21(26)8-9-21)17-15-7-12-25(18(15)23-14-22-17)19(28)29-20(2,3)4;1-2-13-10-15(27-23-13)18(26)25-9-3-8-24(11-19(25)5-6-19)17-14-4-7-20-16(14)21-12-22-17;1-2-13(22)21-9-3-8-20(10-16(21)5-6-16)15-12-4-7-17-14(12)18-11-19-15;1-5-17-13(3-4-13)8-18(7-1)12-10-2-6-14-11(10)15-9-16-12/h5,7,12,14H,1,6,8-11,13H2,2-4H3;4,7,12,15H,2-3,5-6,8-11H2,1H3,(H,20,21,22);2,4,7,11H,1,3,5-6,8-10H2,(H,17,18,19);2,6,9,17H,1,3-5,7-8H2,(H,14,15,16). The third-order valence-corrected chi connectivity index (χ3v) is 20.3.